The van der Waals surface area contributed by atoms with Crippen molar-refractivity contribution >= 4 is 57.5 Å². The quantitative estimate of drug-likeness (QED) is 0.166. The Morgan fingerprint density at radius 2 is 1.77 bits per heavy atom. The highest BCUT2D eigenvalue weighted by atomic mass is 32.2. The minimum absolute atomic E-state index is 0.0422. The zero-order chi connectivity index (χ0) is 27.2. The van der Waals surface area contributed by atoms with Crippen LogP contribution in [0.5, 0.6) is 0 Å². The Labute approximate surface area is 228 Å². The molecule has 1 aliphatic heterocycles. The Bertz CT molecular complexity index is 1580. The molecule has 1 unspecified atom stereocenters. The second-order valence-corrected chi connectivity index (χ2v) is 9.81. The molecule has 2 heterocycles. The fourth-order valence-corrected chi connectivity index (χ4v) is 5.06. The molecular formula is C29H25N5O4S. The first kappa shape index (κ1) is 25.9. The number of aromatic nitrogens is 1. The molecule has 1 atom stereocenters. The van der Waals surface area contributed by atoms with E-state index in [1.165, 1.54) is 0 Å². The Morgan fingerprint density at radius 1 is 1.03 bits per heavy atom. The standard InChI is InChI=1S/C29H25N5O4S/c1-2-38-28(37)19-12-14-20(15-13-19)31-25(35)16-24-27(36)33-29(39-24)34-30-17-22-21-10-6-7-11-23(21)32-26(22)18-8-4-3-5-9-18/h3-15,17,24,32H,2,16H2,1H3,(H,31,35)(H,33,34,36). The summed E-state index contributed by atoms with van der Waals surface area (Å²) in [6.45, 7) is 2.02. The maximum Gasteiger partial charge on any atom is 0.338 e. The molecule has 1 fully saturated rings. The molecule has 0 saturated carbocycles. The molecule has 10 heteroatoms. The number of H-pyrrole nitrogens is 1. The molecule has 5 rings (SSSR count). The highest BCUT2D eigenvalue weighted by Gasteiger charge is 2.32. The number of ether oxygens (including phenoxy) is 1. The highest BCUT2D eigenvalue weighted by Crippen LogP contribution is 2.29. The van der Waals surface area contributed by atoms with Crippen molar-refractivity contribution in [1.29, 1.82) is 0 Å². The smallest absolute Gasteiger partial charge is 0.338 e. The number of aromatic amines is 1. The van der Waals surface area contributed by atoms with Crippen LogP contribution in [-0.2, 0) is 14.3 Å². The van der Waals surface area contributed by atoms with Gasteiger partial charge in [-0.25, -0.2) is 4.79 Å². The predicted molar refractivity (Wildman–Crippen MR) is 154 cm³/mol. The molecule has 0 bridgehead atoms. The van der Waals surface area contributed by atoms with Crippen molar-refractivity contribution in [3.63, 3.8) is 0 Å². The zero-order valence-corrected chi connectivity index (χ0v) is 21.8. The topological polar surface area (TPSA) is 125 Å². The van der Waals surface area contributed by atoms with Gasteiger partial charge < -0.3 is 20.4 Å². The number of hydrogen-bond acceptors (Lipinski definition) is 7. The van der Waals surface area contributed by atoms with Gasteiger partial charge in [-0.2, -0.15) is 5.10 Å². The number of para-hydroxylation sites is 1. The van der Waals surface area contributed by atoms with Crippen molar-refractivity contribution in [2.45, 2.75) is 18.6 Å². The number of nitrogens with zero attached hydrogens (tertiary/aromatic N) is 2. The van der Waals surface area contributed by atoms with Gasteiger partial charge >= 0.3 is 5.97 Å². The van der Waals surface area contributed by atoms with E-state index in [4.69, 9.17) is 4.74 Å². The number of rotatable bonds is 8. The molecule has 1 saturated heterocycles. The Kier molecular flexibility index (Phi) is 7.83. The number of amides is 2. The van der Waals surface area contributed by atoms with Crippen molar-refractivity contribution in [2.75, 3.05) is 11.9 Å². The Balaban J connectivity index is 1.24. The molecule has 3 aromatic carbocycles. The number of nitrogens with one attached hydrogen (secondary N) is 3. The monoisotopic (exact) mass is 539 g/mol. The summed E-state index contributed by atoms with van der Waals surface area (Å²) in [5, 5.41) is 14.6. The van der Waals surface area contributed by atoms with E-state index in [1.807, 2.05) is 54.6 Å². The largest absolute Gasteiger partial charge is 0.462 e. The lowest BCUT2D eigenvalue weighted by Crippen LogP contribution is -2.28. The van der Waals surface area contributed by atoms with Crippen LogP contribution in [-0.4, -0.2) is 46.0 Å². The van der Waals surface area contributed by atoms with Crippen molar-refractivity contribution in [3.05, 3.63) is 90.0 Å². The molecule has 1 aliphatic rings. The van der Waals surface area contributed by atoms with Gasteiger partial charge in [0.25, 0.3) is 0 Å². The third-order valence-electron chi connectivity index (χ3n) is 5.97. The van der Waals surface area contributed by atoms with E-state index in [9.17, 15) is 14.4 Å². The number of hydrogen-bond donors (Lipinski definition) is 3. The average molecular weight is 540 g/mol. The summed E-state index contributed by atoms with van der Waals surface area (Å²) in [4.78, 5) is 40.2. The van der Waals surface area contributed by atoms with E-state index < -0.39 is 11.2 Å². The Morgan fingerprint density at radius 3 is 2.54 bits per heavy atom. The van der Waals surface area contributed by atoms with Crippen molar-refractivity contribution in [3.8, 4) is 11.3 Å². The number of fused-ring (bicyclic) bond motifs is 1. The first-order valence-electron chi connectivity index (χ1n) is 12.3. The number of anilines is 1. The van der Waals surface area contributed by atoms with E-state index in [0.29, 0.717) is 16.4 Å². The second-order valence-electron chi connectivity index (χ2n) is 8.62. The van der Waals surface area contributed by atoms with E-state index in [2.05, 4.69) is 25.8 Å². The van der Waals surface area contributed by atoms with Crippen LogP contribution < -0.4 is 10.6 Å². The van der Waals surface area contributed by atoms with Crippen LogP contribution in [0.15, 0.2) is 89.1 Å². The summed E-state index contributed by atoms with van der Waals surface area (Å²) >= 11 is 1.16. The summed E-state index contributed by atoms with van der Waals surface area (Å²) in [6, 6.07) is 24.3. The van der Waals surface area contributed by atoms with Gasteiger partial charge in [-0.15, -0.1) is 5.10 Å². The molecule has 3 N–H and O–H groups in total. The molecule has 1 aromatic heterocycles. The lowest BCUT2D eigenvalue weighted by Gasteiger charge is -2.08. The summed E-state index contributed by atoms with van der Waals surface area (Å²) in [5.74, 6) is -1.06. The van der Waals surface area contributed by atoms with Crippen LogP contribution >= 0.6 is 11.8 Å². The molecule has 9 nitrogen and oxygen atoms in total. The molecule has 39 heavy (non-hydrogen) atoms. The van der Waals surface area contributed by atoms with Gasteiger partial charge in [0, 0.05) is 28.6 Å². The van der Waals surface area contributed by atoms with Crippen LogP contribution in [0.3, 0.4) is 0 Å². The van der Waals surface area contributed by atoms with E-state index >= 15 is 0 Å². The normalized spacial score (nSPS) is 16.1. The van der Waals surface area contributed by atoms with Crippen molar-refractivity contribution in [1.82, 2.24) is 10.3 Å². The fourth-order valence-electron chi connectivity index (χ4n) is 4.14. The second kappa shape index (κ2) is 11.8. The number of carbonyl (C=O) groups is 3. The van der Waals surface area contributed by atoms with Gasteiger partial charge in [-0.1, -0.05) is 60.3 Å². The molecule has 2 amide bonds. The first-order valence-corrected chi connectivity index (χ1v) is 13.2. The SMILES string of the molecule is CCOC(=O)c1ccc(NC(=O)CC2SC(=NN=Cc3c(-c4ccccc4)[nH]c4ccccc34)NC2=O)cc1. The predicted octanol–water partition coefficient (Wildman–Crippen LogP) is 4.96. The van der Waals surface area contributed by atoms with Gasteiger partial charge in [0.15, 0.2) is 5.17 Å². The maximum absolute atomic E-state index is 12.5. The first-order chi connectivity index (χ1) is 19.0. The van der Waals surface area contributed by atoms with Gasteiger partial charge in [0.05, 0.1) is 24.1 Å². The number of amidine groups is 1. The van der Waals surface area contributed by atoms with Crippen LogP contribution in [0.2, 0.25) is 0 Å². The molecular weight excluding hydrogens is 514 g/mol. The van der Waals surface area contributed by atoms with Crippen LogP contribution in [0.4, 0.5) is 5.69 Å². The number of esters is 1. The average Bonchev–Trinajstić information content (AvgIpc) is 3.49. The molecule has 196 valence electrons. The molecule has 0 aliphatic carbocycles. The van der Waals surface area contributed by atoms with E-state index in [1.54, 1.807) is 37.4 Å². The summed E-state index contributed by atoms with van der Waals surface area (Å²) in [5.41, 5.74) is 4.73. The molecule has 4 aromatic rings. The van der Waals surface area contributed by atoms with Gasteiger partial charge in [-0.05, 0) is 42.8 Å². The summed E-state index contributed by atoms with van der Waals surface area (Å²) in [6.07, 6.45) is 1.63. The van der Waals surface area contributed by atoms with E-state index in [-0.39, 0.29) is 24.8 Å². The number of benzene rings is 3. The maximum atomic E-state index is 12.5. The van der Waals surface area contributed by atoms with Crippen molar-refractivity contribution in [2.24, 2.45) is 10.2 Å². The van der Waals surface area contributed by atoms with E-state index in [0.717, 1.165) is 39.5 Å². The van der Waals surface area contributed by atoms with Crippen molar-refractivity contribution < 1.29 is 19.1 Å². The lowest BCUT2D eigenvalue weighted by molar-refractivity contribution is -0.122. The fraction of sp³-hybridized carbons (Fsp3) is 0.138. The zero-order valence-electron chi connectivity index (χ0n) is 21.0. The van der Waals surface area contributed by atoms with Gasteiger partial charge in [0.1, 0.15) is 5.25 Å². The van der Waals surface area contributed by atoms with Gasteiger partial charge in [0.2, 0.25) is 11.8 Å². The Hall–Kier alpha value is -4.70. The lowest BCUT2D eigenvalue weighted by atomic mass is 10.1. The minimum Gasteiger partial charge on any atom is -0.462 e. The third kappa shape index (κ3) is 6.07. The van der Waals surface area contributed by atoms with Crippen LogP contribution in [0, 0.1) is 0 Å². The van der Waals surface area contributed by atoms with Gasteiger partial charge in [-0.3, -0.25) is 9.59 Å². The minimum atomic E-state index is -0.634. The summed E-state index contributed by atoms with van der Waals surface area (Å²) < 4.78 is 4.96. The highest BCUT2D eigenvalue weighted by molar-refractivity contribution is 8.15. The number of thioether (sulfide) groups is 1. The molecule has 0 spiro atoms. The van der Waals surface area contributed by atoms with Crippen LogP contribution in [0.1, 0.15) is 29.3 Å². The molecule has 0 radical (unpaired) electrons. The van der Waals surface area contributed by atoms with Crippen LogP contribution in [0.25, 0.3) is 22.2 Å². The number of carbonyl (C=O) groups excluding carboxylic acids is 3. The summed E-state index contributed by atoms with van der Waals surface area (Å²) in [7, 11) is 0. The third-order valence-corrected chi connectivity index (χ3v) is 7.04.